The summed E-state index contributed by atoms with van der Waals surface area (Å²) in [5.41, 5.74) is 0. The van der Waals surface area contributed by atoms with E-state index in [4.69, 9.17) is 0 Å². The average molecular weight is 101 g/mol. The van der Waals surface area contributed by atoms with Crippen LogP contribution in [0.25, 0.3) is 0 Å². The fraction of sp³-hybridized carbons (Fsp3) is 0.500. The highest BCUT2D eigenvalue weighted by Crippen LogP contribution is 1.65. The second-order valence-corrected chi connectivity index (χ2v) is 1.45. The van der Waals surface area contributed by atoms with Gasteiger partial charge < -0.3 is 4.90 Å². The molecule has 0 atom stereocenters. The van der Waals surface area contributed by atoms with Crippen LogP contribution in [0.4, 0.5) is 0 Å². The van der Waals surface area contributed by atoms with E-state index in [1.165, 1.54) is 0 Å². The SMILES string of the molecule is CN(C)C=C=S. The molecule has 0 heterocycles. The van der Waals surface area contributed by atoms with Gasteiger partial charge in [-0.05, 0) is 17.2 Å². The standard InChI is InChI=1S/C4H7NS/c1-5(2)3-4-6/h3H,1-2H3. The van der Waals surface area contributed by atoms with Gasteiger partial charge in [0.2, 0.25) is 0 Å². The second kappa shape index (κ2) is 2.88. The van der Waals surface area contributed by atoms with E-state index in [-0.39, 0.29) is 0 Å². The van der Waals surface area contributed by atoms with Crippen LogP contribution in [0.15, 0.2) is 6.20 Å². The van der Waals surface area contributed by atoms with Crippen LogP contribution in [0.3, 0.4) is 0 Å². The zero-order chi connectivity index (χ0) is 4.99. The van der Waals surface area contributed by atoms with Gasteiger partial charge in [-0.3, -0.25) is 0 Å². The zero-order valence-electron chi connectivity index (χ0n) is 3.93. The van der Waals surface area contributed by atoms with E-state index in [2.05, 4.69) is 17.2 Å². The normalized spacial score (nSPS) is 6.33. The van der Waals surface area contributed by atoms with Crippen molar-refractivity contribution in [1.29, 1.82) is 0 Å². The predicted octanol–water partition coefficient (Wildman–Crippen LogP) is 0.660. The summed E-state index contributed by atoms with van der Waals surface area (Å²) in [6, 6.07) is 0. The van der Waals surface area contributed by atoms with E-state index in [0.29, 0.717) is 0 Å². The van der Waals surface area contributed by atoms with Gasteiger partial charge in [0, 0.05) is 14.1 Å². The van der Waals surface area contributed by atoms with Crippen LogP contribution in [-0.2, 0) is 0 Å². The van der Waals surface area contributed by atoms with E-state index in [1.54, 1.807) is 6.20 Å². The lowest BCUT2D eigenvalue weighted by Crippen LogP contribution is -1.99. The van der Waals surface area contributed by atoms with Gasteiger partial charge >= 0.3 is 0 Å². The third-order valence-corrected chi connectivity index (χ3v) is 0.416. The Kier molecular flexibility index (Phi) is 2.73. The molecule has 0 bridgehead atoms. The van der Waals surface area contributed by atoms with E-state index in [0.717, 1.165) is 0 Å². The minimum Gasteiger partial charge on any atom is -0.377 e. The van der Waals surface area contributed by atoms with Crippen LogP contribution in [0.2, 0.25) is 0 Å². The number of hydrogen-bond acceptors (Lipinski definition) is 2. The van der Waals surface area contributed by atoms with Crippen molar-refractivity contribution in [3.63, 3.8) is 0 Å². The molecular weight excluding hydrogens is 94.1 g/mol. The van der Waals surface area contributed by atoms with Gasteiger partial charge in [0.15, 0.2) is 0 Å². The number of thiocarbonyl (C=S) groups is 1. The van der Waals surface area contributed by atoms with Crippen LogP contribution in [0, 0.1) is 0 Å². The molecule has 6 heavy (non-hydrogen) atoms. The monoisotopic (exact) mass is 101 g/mol. The molecule has 0 aromatic carbocycles. The van der Waals surface area contributed by atoms with Gasteiger partial charge in [-0.15, -0.1) is 0 Å². The predicted molar refractivity (Wildman–Crippen MR) is 30.9 cm³/mol. The molecule has 0 spiro atoms. The average Bonchev–Trinajstić information content (AvgIpc) is 1.35. The molecule has 2 heteroatoms. The second-order valence-electron chi connectivity index (χ2n) is 1.21. The van der Waals surface area contributed by atoms with Crippen molar-refractivity contribution in [1.82, 2.24) is 4.90 Å². The Morgan fingerprint density at radius 3 is 2.17 bits per heavy atom. The summed E-state index contributed by atoms with van der Waals surface area (Å²) >= 11 is 4.38. The van der Waals surface area contributed by atoms with Crippen LogP contribution >= 0.6 is 12.2 Å². The molecule has 0 fully saturated rings. The summed E-state index contributed by atoms with van der Waals surface area (Å²) in [5, 5.41) is 2.45. The van der Waals surface area contributed by atoms with Crippen molar-refractivity contribution in [3.05, 3.63) is 6.20 Å². The molecule has 0 aliphatic carbocycles. The maximum Gasteiger partial charge on any atom is 0.0535 e. The third kappa shape index (κ3) is 3.67. The lowest BCUT2D eigenvalue weighted by Gasteiger charge is -1.97. The molecule has 0 aromatic rings. The van der Waals surface area contributed by atoms with Crippen LogP contribution in [0.1, 0.15) is 0 Å². The molecule has 0 amide bonds. The minimum atomic E-state index is 1.69. The van der Waals surface area contributed by atoms with Crippen molar-refractivity contribution in [2.24, 2.45) is 0 Å². The van der Waals surface area contributed by atoms with Gasteiger partial charge in [-0.2, -0.15) is 0 Å². The van der Waals surface area contributed by atoms with Crippen LogP contribution < -0.4 is 0 Å². The van der Waals surface area contributed by atoms with E-state index in [1.807, 2.05) is 19.0 Å². The summed E-state index contributed by atoms with van der Waals surface area (Å²) in [7, 11) is 3.80. The van der Waals surface area contributed by atoms with Gasteiger partial charge in [-0.25, -0.2) is 0 Å². The summed E-state index contributed by atoms with van der Waals surface area (Å²) in [4.78, 5) is 1.84. The first-order valence-electron chi connectivity index (χ1n) is 1.65. The topological polar surface area (TPSA) is 3.24 Å². The molecule has 0 unspecified atom stereocenters. The molecule has 34 valence electrons. The summed E-state index contributed by atoms with van der Waals surface area (Å²) in [6.45, 7) is 0. The van der Waals surface area contributed by atoms with Crippen molar-refractivity contribution < 1.29 is 0 Å². The fourth-order valence-electron chi connectivity index (χ4n) is 0.105. The van der Waals surface area contributed by atoms with Crippen LogP contribution in [0.5, 0.6) is 0 Å². The molecule has 0 aliphatic rings. The molecular formula is C4H7NS. The van der Waals surface area contributed by atoms with E-state index in [9.17, 15) is 0 Å². The van der Waals surface area contributed by atoms with E-state index >= 15 is 0 Å². The van der Waals surface area contributed by atoms with Crippen molar-refractivity contribution in [3.8, 4) is 0 Å². The number of hydrogen-bond donors (Lipinski definition) is 0. The summed E-state index contributed by atoms with van der Waals surface area (Å²) in [6.07, 6.45) is 1.69. The number of nitrogens with zero attached hydrogens (tertiary/aromatic N) is 1. The van der Waals surface area contributed by atoms with Crippen molar-refractivity contribution in [2.45, 2.75) is 0 Å². The molecule has 1 nitrogen and oxygen atoms in total. The largest absolute Gasteiger partial charge is 0.377 e. The Bertz CT molecular complexity index is 71.6. The quantitative estimate of drug-likeness (QED) is 0.446. The Labute approximate surface area is 43.3 Å². The molecule has 0 saturated heterocycles. The first kappa shape index (κ1) is 5.67. The molecule has 0 N–H and O–H groups in total. The van der Waals surface area contributed by atoms with Gasteiger partial charge in [-0.1, -0.05) is 0 Å². The smallest absolute Gasteiger partial charge is 0.0535 e. The molecule has 0 saturated carbocycles. The Hall–Kier alpha value is -0.330. The van der Waals surface area contributed by atoms with Gasteiger partial charge in [0.05, 0.1) is 6.20 Å². The lowest BCUT2D eigenvalue weighted by molar-refractivity contribution is 0.570. The van der Waals surface area contributed by atoms with E-state index < -0.39 is 0 Å². The molecule has 0 aliphatic heterocycles. The highest BCUT2D eigenvalue weighted by molar-refractivity contribution is 7.78. The van der Waals surface area contributed by atoms with Gasteiger partial charge in [0.1, 0.15) is 0 Å². The highest BCUT2D eigenvalue weighted by atomic mass is 32.1. The zero-order valence-corrected chi connectivity index (χ0v) is 4.75. The van der Waals surface area contributed by atoms with Crippen molar-refractivity contribution >= 4 is 17.2 Å². The first-order chi connectivity index (χ1) is 2.77. The molecule has 0 aromatic heterocycles. The molecule has 0 radical (unpaired) electrons. The Balaban J connectivity index is 3.29. The summed E-state index contributed by atoms with van der Waals surface area (Å²) in [5.74, 6) is 0. The lowest BCUT2D eigenvalue weighted by atomic mass is 10.9. The fourth-order valence-corrected chi connectivity index (χ4v) is 0.316. The Morgan fingerprint density at radius 2 is 2.17 bits per heavy atom. The molecule has 0 rings (SSSR count). The maximum atomic E-state index is 4.38. The third-order valence-electron chi connectivity index (χ3n) is 0.311. The minimum absolute atomic E-state index is 1.69. The van der Waals surface area contributed by atoms with Crippen molar-refractivity contribution in [2.75, 3.05) is 14.1 Å². The van der Waals surface area contributed by atoms with Crippen LogP contribution in [-0.4, -0.2) is 24.0 Å². The first-order valence-corrected chi connectivity index (χ1v) is 2.05. The maximum absolute atomic E-state index is 4.38. The Morgan fingerprint density at radius 1 is 1.67 bits per heavy atom. The number of rotatable bonds is 1. The van der Waals surface area contributed by atoms with Gasteiger partial charge in [0.25, 0.3) is 0 Å². The highest BCUT2D eigenvalue weighted by Gasteiger charge is 1.65. The summed E-state index contributed by atoms with van der Waals surface area (Å²) < 4.78 is 0.